The van der Waals surface area contributed by atoms with Gasteiger partial charge in [0.05, 0.1) is 11.1 Å². The molecular formula is C13H5F9. The summed E-state index contributed by atoms with van der Waals surface area (Å²) < 4.78 is 120. The van der Waals surface area contributed by atoms with Crippen LogP contribution in [0.3, 0.4) is 0 Å². The first-order valence-corrected chi connectivity index (χ1v) is 5.72. The lowest BCUT2D eigenvalue weighted by Gasteiger charge is -2.23. The Labute approximate surface area is 117 Å². The number of hydrogen-bond acceptors (Lipinski definition) is 0. The quantitative estimate of drug-likeness (QED) is 0.377. The second-order valence-corrected chi connectivity index (χ2v) is 4.52. The maximum Gasteiger partial charge on any atom is 0.200 e. The van der Waals surface area contributed by atoms with E-state index in [0.29, 0.717) is 0 Å². The van der Waals surface area contributed by atoms with E-state index >= 15 is 0 Å². The molecule has 0 aliphatic heterocycles. The van der Waals surface area contributed by atoms with E-state index in [9.17, 15) is 39.5 Å². The van der Waals surface area contributed by atoms with Crippen LogP contribution in [0.1, 0.15) is 12.5 Å². The number of allylic oxidation sites excluding steroid dienone is 4. The highest BCUT2D eigenvalue weighted by Crippen LogP contribution is 2.45. The van der Waals surface area contributed by atoms with Gasteiger partial charge in [0.2, 0.25) is 5.82 Å². The monoisotopic (exact) mass is 332 g/mol. The molecule has 0 heterocycles. The minimum Gasteiger partial charge on any atom is -0.239 e. The summed E-state index contributed by atoms with van der Waals surface area (Å²) in [6.07, 6.45) is -2.83. The lowest BCUT2D eigenvalue weighted by molar-refractivity contribution is 0.234. The summed E-state index contributed by atoms with van der Waals surface area (Å²) in [4.78, 5) is 0. The largest absolute Gasteiger partial charge is 0.239 e. The molecule has 0 saturated heterocycles. The summed E-state index contributed by atoms with van der Waals surface area (Å²) >= 11 is 0. The topological polar surface area (TPSA) is 0 Å². The maximum absolute atomic E-state index is 13.7. The predicted octanol–water partition coefficient (Wildman–Crippen LogP) is 5.20. The molecular weight excluding hydrogens is 327 g/mol. The van der Waals surface area contributed by atoms with Crippen molar-refractivity contribution in [1.29, 1.82) is 0 Å². The van der Waals surface area contributed by atoms with Gasteiger partial charge in [0.1, 0.15) is 11.7 Å². The summed E-state index contributed by atoms with van der Waals surface area (Å²) in [7, 11) is 0. The molecule has 1 unspecified atom stereocenters. The van der Waals surface area contributed by atoms with Gasteiger partial charge < -0.3 is 0 Å². The first kappa shape index (κ1) is 16.4. The van der Waals surface area contributed by atoms with E-state index in [2.05, 4.69) is 0 Å². The molecule has 0 nitrogen and oxygen atoms in total. The molecule has 0 spiro atoms. The number of rotatable bonds is 1. The van der Waals surface area contributed by atoms with Crippen molar-refractivity contribution in [2.45, 2.75) is 13.1 Å². The molecule has 0 fully saturated rings. The number of halogens is 9. The Kier molecular flexibility index (Phi) is 4.01. The Balaban J connectivity index is 2.88. The zero-order chi connectivity index (χ0) is 16.9. The fraction of sp³-hybridized carbons (Fsp3) is 0.231. The molecule has 1 aliphatic rings. The standard InChI is InChI=1S/C13H5F9/c1-2-5(14)7(16)3(8(17)6(2)15)4-9(18)11(20)13(22)12(21)10(4)19/h2,5H,1H3/t2-,5?/m1/s1. The van der Waals surface area contributed by atoms with Gasteiger partial charge in [0, 0.05) is 5.92 Å². The number of alkyl halides is 1. The summed E-state index contributed by atoms with van der Waals surface area (Å²) in [5.74, 6) is -20.9. The average molecular weight is 332 g/mol. The van der Waals surface area contributed by atoms with E-state index in [-0.39, 0.29) is 0 Å². The molecule has 1 aromatic carbocycles. The van der Waals surface area contributed by atoms with Crippen molar-refractivity contribution in [3.63, 3.8) is 0 Å². The SMILES string of the molecule is C[C@H]1C(F)=C(F)C(c2c(F)c(F)c(F)c(F)c2F)=C(F)C1F. The zero-order valence-electron chi connectivity index (χ0n) is 10.6. The fourth-order valence-corrected chi connectivity index (χ4v) is 1.96. The van der Waals surface area contributed by atoms with Crippen LogP contribution in [0.5, 0.6) is 0 Å². The molecule has 2 atom stereocenters. The van der Waals surface area contributed by atoms with Crippen LogP contribution < -0.4 is 0 Å². The van der Waals surface area contributed by atoms with Crippen LogP contribution in [0.2, 0.25) is 0 Å². The summed E-state index contributed by atoms with van der Waals surface area (Å²) in [6, 6.07) is 0. The van der Waals surface area contributed by atoms with Crippen LogP contribution in [0.25, 0.3) is 5.57 Å². The number of benzene rings is 1. The Morgan fingerprint density at radius 3 is 1.50 bits per heavy atom. The predicted molar refractivity (Wildman–Crippen MR) is 57.6 cm³/mol. The van der Waals surface area contributed by atoms with E-state index in [1.165, 1.54) is 0 Å². The van der Waals surface area contributed by atoms with Gasteiger partial charge >= 0.3 is 0 Å². The van der Waals surface area contributed by atoms with E-state index in [1.54, 1.807) is 0 Å². The first-order valence-electron chi connectivity index (χ1n) is 5.72. The lowest BCUT2D eigenvalue weighted by atomic mass is 9.89. The van der Waals surface area contributed by atoms with Crippen LogP contribution in [-0.2, 0) is 0 Å². The van der Waals surface area contributed by atoms with Gasteiger partial charge in [0.25, 0.3) is 0 Å². The third-order valence-corrected chi connectivity index (χ3v) is 3.21. The van der Waals surface area contributed by atoms with Crippen LogP contribution in [0.15, 0.2) is 17.5 Å². The molecule has 0 amide bonds. The van der Waals surface area contributed by atoms with E-state index in [4.69, 9.17) is 0 Å². The summed E-state index contributed by atoms with van der Waals surface area (Å²) in [5.41, 5.74) is -4.02. The van der Waals surface area contributed by atoms with Gasteiger partial charge in [-0.3, -0.25) is 0 Å². The van der Waals surface area contributed by atoms with Crippen LogP contribution >= 0.6 is 0 Å². The van der Waals surface area contributed by atoms with Gasteiger partial charge in [0.15, 0.2) is 35.3 Å². The summed E-state index contributed by atoms with van der Waals surface area (Å²) in [6.45, 7) is 0.745. The van der Waals surface area contributed by atoms with Crippen molar-refractivity contribution in [1.82, 2.24) is 0 Å². The molecule has 22 heavy (non-hydrogen) atoms. The Bertz CT molecular complexity index is 688. The third kappa shape index (κ3) is 2.10. The van der Waals surface area contributed by atoms with Crippen molar-refractivity contribution >= 4 is 5.57 Å². The van der Waals surface area contributed by atoms with Crippen LogP contribution in [0.4, 0.5) is 39.5 Å². The van der Waals surface area contributed by atoms with Crippen LogP contribution in [-0.4, -0.2) is 6.17 Å². The van der Waals surface area contributed by atoms with E-state index in [0.717, 1.165) is 6.92 Å². The average Bonchev–Trinajstić information content (AvgIpc) is 2.50. The zero-order valence-corrected chi connectivity index (χ0v) is 10.6. The molecule has 1 aromatic rings. The van der Waals surface area contributed by atoms with E-state index < -0.39 is 69.8 Å². The number of hydrogen-bond donors (Lipinski definition) is 0. The highest BCUT2D eigenvalue weighted by molar-refractivity contribution is 5.81. The van der Waals surface area contributed by atoms with E-state index in [1.807, 2.05) is 0 Å². The molecule has 1 aliphatic carbocycles. The Morgan fingerprint density at radius 1 is 0.636 bits per heavy atom. The van der Waals surface area contributed by atoms with Crippen molar-refractivity contribution in [2.75, 3.05) is 0 Å². The smallest absolute Gasteiger partial charge is 0.200 e. The molecule has 0 N–H and O–H groups in total. The fourth-order valence-electron chi connectivity index (χ4n) is 1.96. The molecule has 0 radical (unpaired) electrons. The Morgan fingerprint density at radius 2 is 1.05 bits per heavy atom. The molecule has 9 heteroatoms. The highest BCUT2D eigenvalue weighted by atomic mass is 19.2. The van der Waals surface area contributed by atoms with Gasteiger partial charge in [-0.1, -0.05) is 6.92 Å². The lowest BCUT2D eigenvalue weighted by Crippen LogP contribution is -2.22. The van der Waals surface area contributed by atoms with Crippen molar-refractivity contribution in [3.8, 4) is 0 Å². The maximum atomic E-state index is 13.7. The van der Waals surface area contributed by atoms with Crippen molar-refractivity contribution < 1.29 is 39.5 Å². The third-order valence-electron chi connectivity index (χ3n) is 3.21. The minimum absolute atomic E-state index is 0.745. The first-order chi connectivity index (χ1) is 10.1. The minimum atomic E-state index is -2.83. The second kappa shape index (κ2) is 5.36. The van der Waals surface area contributed by atoms with Crippen molar-refractivity contribution in [3.05, 3.63) is 52.1 Å². The van der Waals surface area contributed by atoms with Crippen molar-refractivity contribution in [2.24, 2.45) is 5.92 Å². The second-order valence-electron chi connectivity index (χ2n) is 4.52. The van der Waals surface area contributed by atoms with Gasteiger partial charge in [-0.2, -0.15) is 0 Å². The van der Waals surface area contributed by atoms with Crippen LogP contribution in [0, 0.1) is 35.0 Å². The Hall–Kier alpha value is -1.93. The van der Waals surface area contributed by atoms with Gasteiger partial charge in [-0.25, -0.2) is 39.5 Å². The van der Waals surface area contributed by atoms with Gasteiger partial charge in [-0.05, 0) is 0 Å². The molecule has 120 valence electrons. The molecule has 2 rings (SSSR count). The molecule has 0 saturated carbocycles. The molecule has 0 bridgehead atoms. The van der Waals surface area contributed by atoms with Gasteiger partial charge in [-0.15, -0.1) is 0 Å². The normalized spacial score (nSPS) is 22.6. The molecule has 0 aromatic heterocycles. The highest BCUT2D eigenvalue weighted by Gasteiger charge is 2.41. The summed E-state index contributed by atoms with van der Waals surface area (Å²) in [5, 5.41) is 0.